The lowest BCUT2D eigenvalue weighted by Gasteiger charge is -2.06. The molecule has 130 valence electrons. The van der Waals surface area contributed by atoms with Crippen molar-refractivity contribution in [1.29, 1.82) is 0 Å². The highest BCUT2D eigenvalue weighted by atomic mass is 79.9. The smallest absolute Gasteiger partial charge is 0.338 e. The third kappa shape index (κ3) is 5.22. The quantitative estimate of drug-likeness (QED) is 0.222. The van der Waals surface area contributed by atoms with Crippen molar-refractivity contribution in [2.24, 2.45) is 0 Å². The Bertz CT molecular complexity index is 802. The number of esters is 1. The normalized spacial score (nSPS) is 10.3. The number of hydrogen-bond acceptors (Lipinski definition) is 5. The van der Waals surface area contributed by atoms with Gasteiger partial charge in [0.25, 0.3) is 5.69 Å². The van der Waals surface area contributed by atoms with Crippen LogP contribution in [0.5, 0.6) is 0 Å². The fourth-order valence-corrected chi connectivity index (χ4v) is 2.51. The molecule has 0 fully saturated rings. The van der Waals surface area contributed by atoms with Crippen LogP contribution in [0.4, 0.5) is 5.69 Å². The summed E-state index contributed by atoms with van der Waals surface area (Å²) < 4.78 is 6.02. The highest BCUT2D eigenvalue weighted by Crippen LogP contribution is 2.19. The van der Waals surface area contributed by atoms with Crippen LogP contribution in [0.3, 0.4) is 0 Å². The summed E-state index contributed by atoms with van der Waals surface area (Å²) in [7, 11) is 0. The van der Waals surface area contributed by atoms with Gasteiger partial charge in [-0.05, 0) is 37.6 Å². The van der Waals surface area contributed by atoms with Crippen molar-refractivity contribution in [2.45, 2.75) is 19.8 Å². The Kier molecular flexibility index (Phi) is 6.41. The number of nitro groups is 1. The number of aryl methyl sites for hydroxylation is 1. The van der Waals surface area contributed by atoms with Crippen molar-refractivity contribution in [3.63, 3.8) is 0 Å². The Morgan fingerprint density at radius 3 is 2.36 bits per heavy atom. The second-order valence-corrected chi connectivity index (χ2v) is 6.34. The number of benzene rings is 2. The Morgan fingerprint density at radius 1 is 1.12 bits per heavy atom. The standard InChI is InChI=1S/C18H16BrNO5/c1-12-11-14(6-9-16(12)20(23)24)18(22)25-10-2-3-17(21)13-4-7-15(19)8-5-13/h4-9,11H,2-3,10H2,1H3. The number of rotatable bonds is 7. The molecule has 0 atom stereocenters. The van der Waals surface area contributed by atoms with Crippen LogP contribution >= 0.6 is 15.9 Å². The van der Waals surface area contributed by atoms with E-state index in [9.17, 15) is 19.7 Å². The Labute approximate surface area is 153 Å². The van der Waals surface area contributed by atoms with Crippen LogP contribution in [0.15, 0.2) is 46.9 Å². The second-order valence-electron chi connectivity index (χ2n) is 5.43. The summed E-state index contributed by atoms with van der Waals surface area (Å²) in [5.74, 6) is -0.580. The molecule has 0 N–H and O–H groups in total. The molecule has 0 unspecified atom stereocenters. The molecule has 0 aromatic heterocycles. The van der Waals surface area contributed by atoms with Crippen molar-refractivity contribution in [1.82, 2.24) is 0 Å². The molecule has 0 aliphatic carbocycles. The maximum atomic E-state index is 12.0. The summed E-state index contributed by atoms with van der Waals surface area (Å²) in [6.07, 6.45) is 0.681. The van der Waals surface area contributed by atoms with E-state index in [0.29, 0.717) is 17.5 Å². The predicted octanol–water partition coefficient (Wildman–Crippen LogP) is 4.49. The molecule has 6 nitrogen and oxygen atoms in total. The molecule has 0 heterocycles. The lowest BCUT2D eigenvalue weighted by Crippen LogP contribution is -2.09. The predicted molar refractivity (Wildman–Crippen MR) is 95.8 cm³/mol. The Morgan fingerprint density at radius 2 is 1.76 bits per heavy atom. The van der Waals surface area contributed by atoms with Gasteiger partial charge in [0.1, 0.15) is 0 Å². The van der Waals surface area contributed by atoms with Gasteiger partial charge in [-0.25, -0.2) is 4.79 Å². The topological polar surface area (TPSA) is 86.5 Å². The van der Waals surface area contributed by atoms with Gasteiger partial charge >= 0.3 is 5.97 Å². The van der Waals surface area contributed by atoms with E-state index >= 15 is 0 Å². The summed E-state index contributed by atoms with van der Waals surface area (Å²) in [6.45, 7) is 1.67. The first kappa shape index (κ1) is 18.8. The molecule has 0 spiro atoms. The average Bonchev–Trinajstić information content (AvgIpc) is 2.58. The monoisotopic (exact) mass is 405 g/mol. The van der Waals surface area contributed by atoms with Crippen molar-refractivity contribution < 1.29 is 19.2 Å². The SMILES string of the molecule is Cc1cc(C(=O)OCCCC(=O)c2ccc(Br)cc2)ccc1[N+](=O)[O-]. The Balaban J connectivity index is 1.82. The van der Waals surface area contributed by atoms with E-state index in [1.807, 2.05) is 0 Å². The zero-order valence-electron chi connectivity index (χ0n) is 13.5. The summed E-state index contributed by atoms with van der Waals surface area (Å²) in [5, 5.41) is 10.8. The van der Waals surface area contributed by atoms with Crippen LogP contribution in [0.25, 0.3) is 0 Å². The van der Waals surface area contributed by atoms with Crippen molar-refractivity contribution in [3.8, 4) is 0 Å². The average molecular weight is 406 g/mol. The maximum absolute atomic E-state index is 12.0. The zero-order valence-corrected chi connectivity index (χ0v) is 15.1. The number of nitro benzene ring substituents is 1. The lowest BCUT2D eigenvalue weighted by molar-refractivity contribution is -0.385. The first-order chi connectivity index (χ1) is 11.9. The van der Waals surface area contributed by atoms with E-state index in [2.05, 4.69) is 15.9 Å². The van der Waals surface area contributed by atoms with E-state index in [1.165, 1.54) is 18.2 Å². The highest BCUT2D eigenvalue weighted by Gasteiger charge is 2.14. The minimum absolute atomic E-state index is 0.0188. The molecule has 7 heteroatoms. The summed E-state index contributed by atoms with van der Waals surface area (Å²) in [6, 6.07) is 11.1. The van der Waals surface area contributed by atoms with E-state index < -0.39 is 10.9 Å². The Hall–Kier alpha value is -2.54. The number of Topliss-reactive ketones (excluding diaryl/α,β-unsaturated/α-hetero) is 1. The molecule has 25 heavy (non-hydrogen) atoms. The molecular formula is C18H16BrNO5. The van der Waals surface area contributed by atoms with E-state index in [4.69, 9.17) is 4.74 Å². The van der Waals surface area contributed by atoms with Gasteiger partial charge in [-0.1, -0.05) is 28.1 Å². The van der Waals surface area contributed by atoms with Crippen molar-refractivity contribution in [3.05, 3.63) is 73.7 Å². The highest BCUT2D eigenvalue weighted by molar-refractivity contribution is 9.10. The molecule has 0 radical (unpaired) electrons. The third-order valence-electron chi connectivity index (χ3n) is 3.58. The molecule has 0 saturated carbocycles. The molecule has 0 bridgehead atoms. The summed E-state index contributed by atoms with van der Waals surface area (Å²) in [4.78, 5) is 34.2. The van der Waals surface area contributed by atoms with E-state index in [-0.39, 0.29) is 30.1 Å². The van der Waals surface area contributed by atoms with Gasteiger partial charge in [-0.3, -0.25) is 14.9 Å². The van der Waals surface area contributed by atoms with Gasteiger partial charge in [-0.15, -0.1) is 0 Å². The zero-order chi connectivity index (χ0) is 18.4. The first-order valence-electron chi connectivity index (χ1n) is 7.59. The molecule has 2 aromatic rings. The van der Waals surface area contributed by atoms with E-state index in [1.54, 1.807) is 31.2 Å². The van der Waals surface area contributed by atoms with Crippen molar-refractivity contribution in [2.75, 3.05) is 6.61 Å². The number of nitrogens with zero attached hydrogens (tertiary/aromatic N) is 1. The van der Waals surface area contributed by atoms with Gasteiger partial charge in [0, 0.05) is 28.1 Å². The minimum Gasteiger partial charge on any atom is -0.462 e. The first-order valence-corrected chi connectivity index (χ1v) is 8.38. The van der Waals surface area contributed by atoms with Crippen LogP contribution in [-0.2, 0) is 4.74 Å². The van der Waals surface area contributed by atoms with Crippen LogP contribution in [-0.4, -0.2) is 23.3 Å². The number of halogens is 1. The number of hydrogen-bond donors (Lipinski definition) is 0. The van der Waals surface area contributed by atoms with Crippen LogP contribution in [0.1, 0.15) is 39.1 Å². The van der Waals surface area contributed by atoms with Gasteiger partial charge in [0.2, 0.25) is 0 Å². The fourth-order valence-electron chi connectivity index (χ4n) is 2.25. The van der Waals surface area contributed by atoms with Gasteiger partial charge in [-0.2, -0.15) is 0 Å². The second kappa shape index (κ2) is 8.53. The summed E-state index contributed by atoms with van der Waals surface area (Å²) in [5.41, 5.74) is 1.21. The van der Waals surface area contributed by atoms with Crippen LogP contribution in [0.2, 0.25) is 0 Å². The number of carbonyl (C=O) groups is 2. The minimum atomic E-state index is -0.561. The summed E-state index contributed by atoms with van der Waals surface area (Å²) >= 11 is 3.31. The number of ether oxygens (including phenoxy) is 1. The van der Waals surface area contributed by atoms with Crippen LogP contribution in [0, 0.1) is 17.0 Å². The molecule has 0 amide bonds. The molecule has 0 aliphatic heterocycles. The molecular weight excluding hydrogens is 390 g/mol. The molecule has 2 rings (SSSR count). The van der Waals surface area contributed by atoms with Crippen molar-refractivity contribution >= 4 is 33.4 Å². The largest absolute Gasteiger partial charge is 0.462 e. The van der Waals surface area contributed by atoms with Gasteiger partial charge in [0.15, 0.2) is 5.78 Å². The molecule has 0 aliphatic rings. The van der Waals surface area contributed by atoms with Gasteiger partial charge < -0.3 is 4.74 Å². The van der Waals surface area contributed by atoms with E-state index in [0.717, 1.165) is 4.47 Å². The fraction of sp³-hybridized carbons (Fsp3) is 0.222. The van der Waals surface area contributed by atoms with Crippen LogP contribution < -0.4 is 0 Å². The molecule has 2 aromatic carbocycles. The third-order valence-corrected chi connectivity index (χ3v) is 4.11. The number of carbonyl (C=O) groups excluding carboxylic acids is 2. The molecule has 0 saturated heterocycles. The lowest BCUT2D eigenvalue weighted by atomic mass is 10.1. The maximum Gasteiger partial charge on any atom is 0.338 e. The number of ketones is 1. The van der Waals surface area contributed by atoms with Gasteiger partial charge in [0.05, 0.1) is 17.1 Å².